The van der Waals surface area contributed by atoms with E-state index >= 15 is 0 Å². The fourth-order valence-corrected chi connectivity index (χ4v) is 2.24. The number of benzene rings is 1. The summed E-state index contributed by atoms with van der Waals surface area (Å²) in [5, 5.41) is 13.8. The lowest BCUT2D eigenvalue weighted by molar-refractivity contribution is -0.131. The van der Waals surface area contributed by atoms with Crippen LogP contribution in [0.1, 0.15) is 25.8 Å². The van der Waals surface area contributed by atoms with Crippen molar-refractivity contribution in [2.75, 3.05) is 0 Å². The number of halogens is 1. The molecule has 1 aromatic rings. The Balaban J connectivity index is 2.87. The molecule has 0 heterocycles. The van der Waals surface area contributed by atoms with Crippen molar-refractivity contribution >= 4 is 17.7 Å². The Labute approximate surface area is 145 Å². The number of primary amides is 1. The summed E-state index contributed by atoms with van der Waals surface area (Å²) in [6, 6.07) is 5.49. The predicted molar refractivity (Wildman–Crippen MR) is 88.2 cm³/mol. The molecule has 8 heteroatoms. The fraction of sp³-hybridized carbons (Fsp3) is 0.412. The number of carbonyl (C=O) groups excluding carboxylic acids is 3. The summed E-state index contributed by atoms with van der Waals surface area (Å²) >= 11 is 0. The highest BCUT2D eigenvalue weighted by Gasteiger charge is 2.26. The van der Waals surface area contributed by atoms with E-state index in [0.717, 1.165) is 0 Å². The van der Waals surface area contributed by atoms with Crippen molar-refractivity contribution in [1.29, 1.82) is 5.26 Å². The zero-order valence-electron chi connectivity index (χ0n) is 14.1. The van der Waals surface area contributed by atoms with Gasteiger partial charge in [-0.15, -0.1) is 0 Å². The molecule has 3 atom stereocenters. The number of rotatable bonds is 8. The third kappa shape index (κ3) is 6.99. The number of carbonyl (C=O) groups is 3. The van der Waals surface area contributed by atoms with Gasteiger partial charge in [-0.1, -0.05) is 12.1 Å². The minimum absolute atomic E-state index is 0.0704. The molecule has 0 aliphatic heterocycles. The fourth-order valence-electron chi connectivity index (χ4n) is 2.24. The molecule has 0 fully saturated rings. The molecule has 4 N–H and O–H groups in total. The Hall–Kier alpha value is -2.95. The number of amides is 3. The summed E-state index contributed by atoms with van der Waals surface area (Å²) in [6.07, 6.45) is 0.186. The molecule has 1 rings (SSSR count). The summed E-state index contributed by atoms with van der Waals surface area (Å²) in [5.41, 5.74) is 5.90. The van der Waals surface area contributed by atoms with Gasteiger partial charge >= 0.3 is 0 Å². The molecule has 3 amide bonds. The first kappa shape index (κ1) is 20.1. The minimum atomic E-state index is -1.02. The van der Waals surface area contributed by atoms with Gasteiger partial charge in [-0.05, 0) is 31.0 Å². The van der Waals surface area contributed by atoms with Crippen molar-refractivity contribution < 1.29 is 18.8 Å². The van der Waals surface area contributed by atoms with Crippen molar-refractivity contribution in [3.63, 3.8) is 0 Å². The molecule has 25 heavy (non-hydrogen) atoms. The molecule has 1 aromatic carbocycles. The van der Waals surface area contributed by atoms with E-state index in [1.54, 1.807) is 6.92 Å². The third-order valence-corrected chi connectivity index (χ3v) is 3.52. The van der Waals surface area contributed by atoms with Gasteiger partial charge in [-0.3, -0.25) is 14.4 Å². The van der Waals surface area contributed by atoms with Crippen LogP contribution in [0.4, 0.5) is 4.39 Å². The van der Waals surface area contributed by atoms with Crippen molar-refractivity contribution in [3.05, 3.63) is 35.6 Å². The smallest absolute Gasteiger partial charge is 0.243 e. The van der Waals surface area contributed by atoms with Gasteiger partial charge in [0.25, 0.3) is 0 Å². The number of nitriles is 1. The quantitative estimate of drug-likeness (QED) is 0.628. The van der Waals surface area contributed by atoms with Crippen LogP contribution in [-0.2, 0) is 20.8 Å². The Kier molecular flexibility index (Phi) is 7.53. The maximum absolute atomic E-state index is 13.0. The van der Waals surface area contributed by atoms with E-state index < -0.39 is 41.5 Å². The Morgan fingerprint density at radius 2 is 1.80 bits per heavy atom. The first-order valence-corrected chi connectivity index (χ1v) is 7.73. The van der Waals surface area contributed by atoms with Crippen LogP contribution < -0.4 is 16.4 Å². The molecule has 0 spiro atoms. The van der Waals surface area contributed by atoms with E-state index in [-0.39, 0.29) is 12.8 Å². The molecule has 0 saturated heterocycles. The van der Waals surface area contributed by atoms with E-state index in [2.05, 4.69) is 10.6 Å². The molecule has 0 radical (unpaired) electrons. The number of nitrogens with one attached hydrogen (secondary N) is 2. The summed E-state index contributed by atoms with van der Waals surface area (Å²) < 4.78 is 13.0. The van der Waals surface area contributed by atoms with Gasteiger partial charge in [0.05, 0.1) is 6.07 Å². The van der Waals surface area contributed by atoms with Gasteiger partial charge in [-0.25, -0.2) is 4.39 Å². The average molecular weight is 348 g/mol. The van der Waals surface area contributed by atoms with Crippen molar-refractivity contribution in [2.45, 2.75) is 38.8 Å². The van der Waals surface area contributed by atoms with E-state index in [0.29, 0.717) is 5.56 Å². The molecule has 0 bridgehead atoms. The van der Waals surface area contributed by atoms with Gasteiger partial charge in [0.15, 0.2) is 0 Å². The lowest BCUT2D eigenvalue weighted by Crippen LogP contribution is -2.53. The summed E-state index contributed by atoms with van der Waals surface area (Å²) in [5.74, 6) is -2.69. The highest BCUT2D eigenvalue weighted by Crippen LogP contribution is 2.08. The first-order valence-electron chi connectivity index (χ1n) is 7.73. The molecule has 0 aromatic heterocycles. The third-order valence-electron chi connectivity index (χ3n) is 3.52. The van der Waals surface area contributed by atoms with Crippen molar-refractivity contribution in [3.8, 4) is 6.07 Å². The van der Waals surface area contributed by atoms with Gasteiger partial charge in [0.2, 0.25) is 17.7 Å². The number of nitrogens with two attached hydrogens (primary N) is 1. The molecule has 0 unspecified atom stereocenters. The Morgan fingerprint density at radius 3 is 2.28 bits per heavy atom. The molecular formula is C17H21FN4O3. The Bertz CT molecular complexity index is 669. The zero-order chi connectivity index (χ0) is 19.0. The average Bonchev–Trinajstić information content (AvgIpc) is 2.54. The summed E-state index contributed by atoms with van der Waals surface area (Å²) in [7, 11) is 0. The van der Waals surface area contributed by atoms with Crippen LogP contribution >= 0.6 is 0 Å². The summed E-state index contributed by atoms with van der Waals surface area (Å²) in [4.78, 5) is 35.3. The summed E-state index contributed by atoms with van der Waals surface area (Å²) in [6.45, 7) is 2.86. The lowest BCUT2D eigenvalue weighted by Gasteiger charge is -2.22. The molecule has 0 aliphatic carbocycles. The standard InChI is InChI=1S/C17H21FN4O3/c1-10(9-19)7-14(16(20)24)22-17(25)15(21-11(2)23)8-12-3-5-13(18)6-4-12/h3-6,10,14-15H,7-8H2,1-2H3,(H2,20,24)(H,21,23)(H,22,25)/t10-,14-,15+/m0/s1. The molecule has 7 nitrogen and oxygen atoms in total. The van der Waals surface area contributed by atoms with Crippen LogP contribution in [0, 0.1) is 23.1 Å². The first-order chi connectivity index (χ1) is 11.7. The molecule has 134 valence electrons. The van der Waals surface area contributed by atoms with Crippen molar-refractivity contribution in [2.24, 2.45) is 11.7 Å². The van der Waals surface area contributed by atoms with E-state index in [4.69, 9.17) is 11.0 Å². The van der Waals surface area contributed by atoms with Gasteiger partial charge in [0.1, 0.15) is 17.9 Å². The van der Waals surface area contributed by atoms with Crippen LogP contribution in [0.5, 0.6) is 0 Å². The molecule has 0 aliphatic rings. The molecular weight excluding hydrogens is 327 g/mol. The van der Waals surface area contributed by atoms with Gasteiger partial charge < -0.3 is 16.4 Å². The number of hydrogen-bond acceptors (Lipinski definition) is 4. The zero-order valence-corrected chi connectivity index (χ0v) is 14.1. The maximum Gasteiger partial charge on any atom is 0.243 e. The number of nitrogens with zero attached hydrogens (tertiary/aromatic N) is 1. The van der Waals surface area contributed by atoms with Crippen LogP contribution in [0.15, 0.2) is 24.3 Å². The highest BCUT2D eigenvalue weighted by molar-refractivity contribution is 5.91. The largest absolute Gasteiger partial charge is 0.368 e. The SMILES string of the molecule is CC(=O)N[C@H](Cc1ccc(F)cc1)C(=O)N[C@@H](C[C@H](C)C#N)C(N)=O. The van der Waals surface area contributed by atoms with E-state index in [1.165, 1.54) is 31.2 Å². The second kappa shape index (κ2) is 9.37. The molecule has 0 saturated carbocycles. The predicted octanol–water partition coefficient (Wildman–Crippen LogP) is 0.393. The Morgan fingerprint density at radius 1 is 1.20 bits per heavy atom. The topological polar surface area (TPSA) is 125 Å². The van der Waals surface area contributed by atoms with Crippen LogP contribution in [-0.4, -0.2) is 29.8 Å². The lowest BCUT2D eigenvalue weighted by atomic mass is 10.0. The van der Waals surface area contributed by atoms with E-state index in [1.807, 2.05) is 6.07 Å². The van der Waals surface area contributed by atoms with E-state index in [9.17, 15) is 18.8 Å². The minimum Gasteiger partial charge on any atom is -0.368 e. The highest BCUT2D eigenvalue weighted by atomic mass is 19.1. The second-order valence-corrected chi connectivity index (χ2v) is 5.81. The maximum atomic E-state index is 13.0. The monoisotopic (exact) mass is 348 g/mol. The van der Waals surface area contributed by atoms with Crippen LogP contribution in [0.25, 0.3) is 0 Å². The van der Waals surface area contributed by atoms with Gasteiger partial charge in [0, 0.05) is 19.3 Å². The van der Waals surface area contributed by atoms with Gasteiger partial charge in [-0.2, -0.15) is 5.26 Å². The second-order valence-electron chi connectivity index (χ2n) is 5.81. The van der Waals surface area contributed by atoms with Crippen LogP contribution in [0.2, 0.25) is 0 Å². The normalized spacial score (nSPS) is 13.8. The number of hydrogen-bond donors (Lipinski definition) is 3. The van der Waals surface area contributed by atoms with Crippen LogP contribution in [0.3, 0.4) is 0 Å². The van der Waals surface area contributed by atoms with Crippen molar-refractivity contribution in [1.82, 2.24) is 10.6 Å².